The zero-order valence-corrected chi connectivity index (χ0v) is 14.1. The van der Waals surface area contributed by atoms with Gasteiger partial charge in [-0.25, -0.2) is 4.39 Å². The number of alkyl halides is 1. The minimum atomic E-state index is -0.242. The molecule has 0 amide bonds. The highest BCUT2D eigenvalue weighted by atomic mass is 79.9. The third kappa shape index (κ3) is 3.07. The first-order valence-corrected chi connectivity index (χ1v) is 7.78. The molecule has 1 atom stereocenters. The molecule has 0 saturated heterocycles. The van der Waals surface area contributed by atoms with E-state index in [2.05, 4.69) is 28.0 Å². The van der Waals surface area contributed by atoms with Crippen molar-refractivity contribution >= 4 is 27.5 Å². The smallest absolute Gasteiger partial charge is 0.123 e. The molecule has 0 aliphatic carbocycles. The lowest BCUT2D eigenvalue weighted by atomic mass is 10.1. The Balaban J connectivity index is 2.37. The average Bonchev–Trinajstić information content (AvgIpc) is 2.68. The normalized spacial score (nSPS) is 12.7. The summed E-state index contributed by atoms with van der Waals surface area (Å²) in [6.07, 6.45) is 0.860. The molecule has 0 radical (unpaired) electrons. The first-order chi connectivity index (χ1) is 9.43. The van der Waals surface area contributed by atoms with Gasteiger partial charge in [-0.15, -0.1) is 11.6 Å². The Morgan fingerprint density at radius 1 is 1.40 bits per heavy atom. The van der Waals surface area contributed by atoms with E-state index in [1.54, 1.807) is 6.07 Å². The monoisotopic (exact) mass is 358 g/mol. The van der Waals surface area contributed by atoms with Crippen LogP contribution in [0.15, 0.2) is 22.7 Å². The molecule has 1 heterocycles. The van der Waals surface area contributed by atoms with Crippen molar-refractivity contribution in [2.45, 2.75) is 39.1 Å². The van der Waals surface area contributed by atoms with Crippen LogP contribution in [0, 0.1) is 19.7 Å². The van der Waals surface area contributed by atoms with Crippen molar-refractivity contribution in [3.63, 3.8) is 0 Å². The van der Waals surface area contributed by atoms with Crippen LogP contribution in [0.25, 0.3) is 0 Å². The molecular weight excluding hydrogens is 343 g/mol. The molecular formula is C15H17BrClFN2. The van der Waals surface area contributed by atoms with Crippen LogP contribution in [0.5, 0.6) is 0 Å². The second-order valence-corrected chi connectivity index (χ2v) is 6.23. The number of hydrogen-bond acceptors (Lipinski definition) is 1. The summed E-state index contributed by atoms with van der Waals surface area (Å²) < 4.78 is 16.1. The summed E-state index contributed by atoms with van der Waals surface area (Å²) in [5.74, 6) is -0.242. The third-order valence-electron chi connectivity index (χ3n) is 3.44. The minimum Gasteiger partial charge on any atom is -0.265 e. The van der Waals surface area contributed by atoms with Gasteiger partial charge in [0.25, 0.3) is 0 Å². The van der Waals surface area contributed by atoms with Crippen LogP contribution in [0.2, 0.25) is 0 Å². The van der Waals surface area contributed by atoms with Gasteiger partial charge in [0, 0.05) is 15.7 Å². The lowest BCUT2D eigenvalue weighted by Crippen LogP contribution is -2.05. The molecule has 0 N–H and O–H groups in total. The number of rotatable bonds is 4. The fourth-order valence-corrected chi connectivity index (χ4v) is 3.04. The number of aryl methyl sites for hydroxylation is 1. The molecule has 0 aliphatic rings. The van der Waals surface area contributed by atoms with Gasteiger partial charge >= 0.3 is 0 Å². The van der Waals surface area contributed by atoms with E-state index in [4.69, 9.17) is 11.6 Å². The Morgan fingerprint density at radius 2 is 2.10 bits per heavy atom. The van der Waals surface area contributed by atoms with E-state index in [0.29, 0.717) is 6.54 Å². The molecule has 1 unspecified atom stereocenters. The molecule has 20 heavy (non-hydrogen) atoms. The number of nitrogens with zero attached hydrogens (tertiary/aromatic N) is 2. The summed E-state index contributed by atoms with van der Waals surface area (Å²) in [5.41, 5.74) is 3.93. The van der Waals surface area contributed by atoms with Crippen LogP contribution in [0.1, 0.15) is 41.2 Å². The summed E-state index contributed by atoms with van der Waals surface area (Å²) >= 11 is 9.80. The summed E-state index contributed by atoms with van der Waals surface area (Å²) in [6, 6.07) is 4.68. The van der Waals surface area contributed by atoms with Gasteiger partial charge in [0.2, 0.25) is 0 Å². The zero-order chi connectivity index (χ0) is 14.9. The topological polar surface area (TPSA) is 17.8 Å². The van der Waals surface area contributed by atoms with E-state index < -0.39 is 0 Å². The Labute approximate surface area is 132 Å². The highest BCUT2D eigenvalue weighted by Gasteiger charge is 2.18. The van der Waals surface area contributed by atoms with Gasteiger partial charge in [-0.2, -0.15) is 5.10 Å². The molecule has 0 bridgehead atoms. The van der Waals surface area contributed by atoms with E-state index >= 15 is 0 Å². The molecule has 2 aromatic rings. The zero-order valence-electron chi connectivity index (χ0n) is 11.8. The molecule has 108 valence electrons. The largest absolute Gasteiger partial charge is 0.265 e. The molecule has 5 heteroatoms. The van der Waals surface area contributed by atoms with Gasteiger partial charge in [0.15, 0.2) is 0 Å². The van der Waals surface area contributed by atoms with E-state index in [0.717, 1.165) is 33.4 Å². The van der Waals surface area contributed by atoms with Crippen molar-refractivity contribution in [3.8, 4) is 0 Å². The summed E-state index contributed by atoms with van der Waals surface area (Å²) in [7, 11) is 0. The lowest BCUT2D eigenvalue weighted by Gasteiger charge is -2.09. The Morgan fingerprint density at radius 3 is 2.75 bits per heavy atom. The maximum absolute atomic E-state index is 13.3. The molecule has 0 fully saturated rings. The van der Waals surface area contributed by atoms with Gasteiger partial charge in [-0.1, -0.05) is 22.9 Å². The van der Waals surface area contributed by atoms with Crippen molar-refractivity contribution in [2.24, 2.45) is 0 Å². The second kappa shape index (κ2) is 6.27. The van der Waals surface area contributed by atoms with Crippen molar-refractivity contribution in [2.75, 3.05) is 0 Å². The molecule has 2 nitrogen and oxygen atoms in total. The van der Waals surface area contributed by atoms with Crippen LogP contribution in [-0.4, -0.2) is 9.78 Å². The van der Waals surface area contributed by atoms with Crippen molar-refractivity contribution in [1.82, 2.24) is 9.78 Å². The summed E-state index contributed by atoms with van der Waals surface area (Å²) in [5, 5.41) is 4.51. The quantitative estimate of drug-likeness (QED) is 0.691. The van der Waals surface area contributed by atoms with Crippen LogP contribution in [0.4, 0.5) is 4.39 Å². The summed E-state index contributed by atoms with van der Waals surface area (Å²) in [6.45, 7) is 6.55. The van der Waals surface area contributed by atoms with Gasteiger partial charge in [0.05, 0.1) is 17.6 Å². The molecule has 2 rings (SSSR count). The lowest BCUT2D eigenvalue weighted by molar-refractivity contribution is 0.614. The van der Waals surface area contributed by atoms with Gasteiger partial charge < -0.3 is 0 Å². The fraction of sp³-hybridized carbons (Fsp3) is 0.400. The highest BCUT2D eigenvalue weighted by Crippen LogP contribution is 2.30. The van der Waals surface area contributed by atoms with Crippen LogP contribution < -0.4 is 0 Å². The standard InChI is InChI=1S/C15H17BrClFN2/c1-4-14(17)15-9(2)19-20(10(15)3)8-11-7-12(18)5-6-13(11)16/h5-7,14H,4,8H2,1-3H3. The predicted octanol–water partition coefficient (Wildman–Crippen LogP) is 5.14. The number of aromatic nitrogens is 2. The van der Waals surface area contributed by atoms with Crippen molar-refractivity contribution in [1.29, 1.82) is 0 Å². The minimum absolute atomic E-state index is 0.0281. The number of halogens is 3. The first-order valence-electron chi connectivity index (χ1n) is 6.56. The van der Waals surface area contributed by atoms with Gasteiger partial charge in [-0.3, -0.25) is 4.68 Å². The van der Waals surface area contributed by atoms with Crippen molar-refractivity contribution < 1.29 is 4.39 Å². The van der Waals surface area contributed by atoms with Gasteiger partial charge in [0.1, 0.15) is 5.82 Å². The SMILES string of the molecule is CCC(Cl)c1c(C)nn(Cc2cc(F)ccc2Br)c1C. The molecule has 1 aromatic carbocycles. The number of benzene rings is 1. The van der Waals surface area contributed by atoms with Crippen LogP contribution >= 0.6 is 27.5 Å². The first kappa shape index (κ1) is 15.5. The van der Waals surface area contributed by atoms with E-state index in [1.165, 1.54) is 12.1 Å². The third-order valence-corrected chi connectivity index (χ3v) is 4.74. The Bertz CT molecular complexity index is 625. The molecule has 0 aliphatic heterocycles. The Kier molecular flexibility index (Phi) is 4.86. The predicted molar refractivity (Wildman–Crippen MR) is 83.8 cm³/mol. The number of hydrogen-bond donors (Lipinski definition) is 0. The van der Waals surface area contributed by atoms with Crippen LogP contribution in [0.3, 0.4) is 0 Å². The highest BCUT2D eigenvalue weighted by molar-refractivity contribution is 9.10. The second-order valence-electron chi connectivity index (χ2n) is 4.85. The Hall–Kier alpha value is -0.870. The fourth-order valence-electron chi connectivity index (χ4n) is 2.35. The van der Waals surface area contributed by atoms with Crippen LogP contribution in [-0.2, 0) is 6.54 Å². The van der Waals surface area contributed by atoms with E-state index in [1.807, 2.05) is 18.5 Å². The average molecular weight is 360 g/mol. The summed E-state index contributed by atoms with van der Waals surface area (Å²) in [4.78, 5) is 0. The molecule has 0 saturated carbocycles. The van der Waals surface area contributed by atoms with E-state index in [-0.39, 0.29) is 11.2 Å². The van der Waals surface area contributed by atoms with Gasteiger partial charge in [-0.05, 0) is 44.0 Å². The molecule has 1 aromatic heterocycles. The van der Waals surface area contributed by atoms with E-state index in [9.17, 15) is 4.39 Å². The maximum atomic E-state index is 13.3. The van der Waals surface area contributed by atoms with Crippen molar-refractivity contribution in [3.05, 3.63) is 51.0 Å². The molecule has 0 spiro atoms. The maximum Gasteiger partial charge on any atom is 0.123 e.